The Labute approximate surface area is 109 Å². The first kappa shape index (κ1) is 13.9. The molecule has 0 aliphatic carbocycles. The van der Waals surface area contributed by atoms with E-state index in [4.69, 9.17) is 5.73 Å². The van der Waals surface area contributed by atoms with E-state index in [9.17, 15) is 18.7 Å². The fourth-order valence-corrected chi connectivity index (χ4v) is 2.51. The van der Waals surface area contributed by atoms with Crippen LogP contribution in [0.3, 0.4) is 0 Å². The average molecular weight is 270 g/mol. The second-order valence-corrected chi connectivity index (χ2v) is 4.77. The predicted molar refractivity (Wildman–Crippen MR) is 65.5 cm³/mol. The average Bonchev–Trinajstić information content (AvgIpc) is 2.33. The van der Waals surface area contributed by atoms with Crippen molar-refractivity contribution >= 4 is 5.97 Å². The summed E-state index contributed by atoms with van der Waals surface area (Å²) in [5.74, 6) is -2.95. The van der Waals surface area contributed by atoms with Gasteiger partial charge in [0.2, 0.25) is 0 Å². The normalized spacial score (nSPS) is 22.2. The molecule has 1 fully saturated rings. The van der Waals surface area contributed by atoms with E-state index in [1.54, 1.807) is 0 Å². The van der Waals surface area contributed by atoms with Crippen molar-refractivity contribution in [2.75, 3.05) is 13.1 Å². The van der Waals surface area contributed by atoms with Crippen molar-refractivity contribution in [3.8, 4) is 0 Å². The molecule has 2 atom stereocenters. The number of carboxylic acids is 1. The van der Waals surface area contributed by atoms with Crippen molar-refractivity contribution < 1.29 is 18.7 Å². The Kier molecular flexibility index (Phi) is 4.11. The van der Waals surface area contributed by atoms with Crippen LogP contribution in [0.25, 0.3) is 0 Å². The minimum absolute atomic E-state index is 0.162. The number of carbonyl (C=O) groups is 1. The molecule has 1 aromatic carbocycles. The molecular formula is C13H16F2N2O2. The lowest BCUT2D eigenvalue weighted by Crippen LogP contribution is -2.47. The van der Waals surface area contributed by atoms with Crippen LogP contribution in [0.15, 0.2) is 18.2 Å². The number of nitrogens with two attached hydrogens (primary N) is 1. The number of rotatable bonds is 3. The fourth-order valence-electron chi connectivity index (χ4n) is 2.51. The molecule has 0 radical (unpaired) electrons. The van der Waals surface area contributed by atoms with Crippen molar-refractivity contribution in [3.63, 3.8) is 0 Å². The standard InChI is InChI=1S/C13H16F2N2O2/c14-9-4-1-5-10(15)11(9)12(13(18)19)17-6-2-3-8(16)7-17/h1,4-5,8,12H,2-3,6-7,16H2,(H,18,19). The molecule has 4 nitrogen and oxygen atoms in total. The lowest BCUT2D eigenvalue weighted by molar-refractivity contribution is -0.144. The van der Waals surface area contributed by atoms with Gasteiger partial charge in [-0.2, -0.15) is 0 Å². The van der Waals surface area contributed by atoms with Gasteiger partial charge in [-0.3, -0.25) is 9.69 Å². The van der Waals surface area contributed by atoms with Gasteiger partial charge in [0.05, 0.1) is 5.56 Å². The number of halogens is 2. The Morgan fingerprint density at radius 3 is 2.58 bits per heavy atom. The lowest BCUT2D eigenvalue weighted by Gasteiger charge is -2.35. The Balaban J connectivity index is 2.37. The van der Waals surface area contributed by atoms with Crippen LogP contribution in [0.4, 0.5) is 8.78 Å². The summed E-state index contributed by atoms with van der Waals surface area (Å²) in [7, 11) is 0. The summed E-state index contributed by atoms with van der Waals surface area (Å²) < 4.78 is 27.5. The monoisotopic (exact) mass is 270 g/mol. The maximum atomic E-state index is 13.8. The van der Waals surface area contributed by atoms with Gasteiger partial charge in [-0.05, 0) is 31.5 Å². The molecule has 0 saturated carbocycles. The van der Waals surface area contributed by atoms with E-state index >= 15 is 0 Å². The maximum absolute atomic E-state index is 13.8. The third-order valence-electron chi connectivity index (χ3n) is 3.36. The highest BCUT2D eigenvalue weighted by Gasteiger charge is 2.34. The smallest absolute Gasteiger partial charge is 0.325 e. The summed E-state index contributed by atoms with van der Waals surface area (Å²) in [5, 5.41) is 9.30. The highest BCUT2D eigenvalue weighted by atomic mass is 19.1. The summed E-state index contributed by atoms with van der Waals surface area (Å²) in [6.07, 6.45) is 1.52. The largest absolute Gasteiger partial charge is 0.480 e. The summed E-state index contributed by atoms with van der Waals surface area (Å²) in [5.41, 5.74) is 5.38. The van der Waals surface area contributed by atoms with E-state index in [0.717, 1.165) is 25.0 Å². The number of piperidine rings is 1. The SMILES string of the molecule is NC1CCCN(C(C(=O)O)c2c(F)cccc2F)C1. The molecule has 19 heavy (non-hydrogen) atoms. The number of hydrogen-bond donors (Lipinski definition) is 2. The van der Waals surface area contributed by atoms with E-state index < -0.39 is 29.2 Å². The molecule has 0 bridgehead atoms. The van der Waals surface area contributed by atoms with Crippen molar-refractivity contribution in [1.82, 2.24) is 4.90 Å². The molecule has 104 valence electrons. The number of hydrogen-bond acceptors (Lipinski definition) is 3. The molecule has 1 heterocycles. The Hall–Kier alpha value is -1.53. The first-order valence-electron chi connectivity index (χ1n) is 6.17. The molecule has 3 N–H and O–H groups in total. The predicted octanol–water partition coefficient (Wildman–Crippen LogP) is 1.51. The molecule has 1 aliphatic heterocycles. The van der Waals surface area contributed by atoms with Gasteiger partial charge in [-0.25, -0.2) is 8.78 Å². The first-order valence-corrected chi connectivity index (χ1v) is 6.17. The second-order valence-electron chi connectivity index (χ2n) is 4.77. The van der Waals surface area contributed by atoms with Crippen molar-refractivity contribution in [1.29, 1.82) is 0 Å². The molecular weight excluding hydrogens is 254 g/mol. The Morgan fingerprint density at radius 1 is 1.42 bits per heavy atom. The highest BCUT2D eigenvalue weighted by molar-refractivity contribution is 5.75. The number of carboxylic acid groups (broad SMARTS) is 1. The van der Waals surface area contributed by atoms with Crippen LogP contribution in [0, 0.1) is 11.6 Å². The molecule has 0 spiro atoms. The highest BCUT2D eigenvalue weighted by Crippen LogP contribution is 2.28. The van der Waals surface area contributed by atoms with E-state index in [0.29, 0.717) is 13.1 Å². The van der Waals surface area contributed by atoms with Crippen molar-refractivity contribution in [3.05, 3.63) is 35.4 Å². The van der Waals surface area contributed by atoms with Crippen LogP contribution in [0.2, 0.25) is 0 Å². The minimum atomic E-state index is -1.33. The zero-order valence-corrected chi connectivity index (χ0v) is 10.4. The molecule has 2 unspecified atom stereocenters. The maximum Gasteiger partial charge on any atom is 0.325 e. The topological polar surface area (TPSA) is 66.6 Å². The number of likely N-dealkylation sites (tertiary alicyclic amines) is 1. The Morgan fingerprint density at radius 2 is 2.05 bits per heavy atom. The fraction of sp³-hybridized carbons (Fsp3) is 0.462. The van der Waals surface area contributed by atoms with Gasteiger partial charge in [-0.15, -0.1) is 0 Å². The van der Waals surface area contributed by atoms with Gasteiger partial charge in [0.25, 0.3) is 0 Å². The molecule has 1 saturated heterocycles. The minimum Gasteiger partial charge on any atom is -0.480 e. The van der Waals surface area contributed by atoms with Crippen molar-refractivity contribution in [2.24, 2.45) is 5.73 Å². The third kappa shape index (κ3) is 2.90. The van der Waals surface area contributed by atoms with Crippen LogP contribution >= 0.6 is 0 Å². The first-order chi connectivity index (χ1) is 9.00. The quantitative estimate of drug-likeness (QED) is 0.873. The molecule has 1 aliphatic rings. The van der Waals surface area contributed by atoms with Crippen LogP contribution in [-0.4, -0.2) is 35.1 Å². The van der Waals surface area contributed by atoms with E-state index in [1.165, 1.54) is 11.0 Å². The summed E-state index contributed by atoms with van der Waals surface area (Å²) in [6.45, 7) is 0.795. The van der Waals surface area contributed by atoms with E-state index in [-0.39, 0.29) is 6.04 Å². The van der Waals surface area contributed by atoms with Crippen molar-refractivity contribution in [2.45, 2.75) is 24.9 Å². The number of aliphatic carboxylic acids is 1. The molecule has 2 rings (SSSR count). The molecule has 6 heteroatoms. The lowest BCUT2D eigenvalue weighted by atomic mass is 9.99. The van der Waals surface area contributed by atoms with Crippen LogP contribution in [0.1, 0.15) is 24.4 Å². The Bertz CT molecular complexity index is 461. The van der Waals surface area contributed by atoms with Gasteiger partial charge in [0, 0.05) is 12.6 Å². The third-order valence-corrected chi connectivity index (χ3v) is 3.36. The van der Waals surface area contributed by atoms with Crippen LogP contribution in [-0.2, 0) is 4.79 Å². The summed E-state index contributed by atoms with van der Waals surface area (Å²) >= 11 is 0. The number of benzene rings is 1. The van der Waals surface area contributed by atoms with E-state index in [2.05, 4.69) is 0 Å². The van der Waals surface area contributed by atoms with Gasteiger partial charge in [0.15, 0.2) is 0 Å². The van der Waals surface area contributed by atoms with Gasteiger partial charge in [-0.1, -0.05) is 6.07 Å². The van der Waals surface area contributed by atoms with Crippen LogP contribution in [0.5, 0.6) is 0 Å². The zero-order chi connectivity index (χ0) is 14.0. The van der Waals surface area contributed by atoms with E-state index in [1.807, 2.05) is 0 Å². The summed E-state index contributed by atoms with van der Waals surface area (Å²) in [4.78, 5) is 12.9. The van der Waals surface area contributed by atoms with Gasteiger partial charge < -0.3 is 10.8 Å². The van der Waals surface area contributed by atoms with Gasteiger partial charge in [0.1, 0.15) is 17.7 Å². The van der Waals surface area contributed by atoms with Gasteiger partial charge >= 0.3 is 5.97 Å². The van der Waals surface area contributed by atoms with Crippen LogP contribution < -0.4 is 5.73 Å². The zero-order valence-electron chi connectivity index (χ0n) is 10.4. The second kappa shape index (κ2) is 5.63. The molecule has 1 aromatic rings. The molecule has 0 amide bonds. The number of nitrogens with zero attached hydrogens (tertiary/aromatic N) is 1. The molecule has 0 aromatic heterocycles. The summed E-state index contributed by atoms with van der Waals surface area (Å²) in [6, 6.07) is 1.86.